The Bertz CT molecular complexity index is 1370. The van der Waals surface area contributed by atoms with Crippen molar-refractivity contribution in [3.05, 3.63) is 99.7 Å². The summed E-state index contributed by atoms with van der Waals surface area (Å²) in [5, 5.41) is 15.4. The lowest BCUT2D eigenvalue weighted by molar-refractivity contribution is 0.573. The molecule has 5 rings (SSSR count). The molecule has 0 aliphatic rings. The SMILES string of the molecule is Cc1ccc(Cn2cc(-c3nnn(Cc4ccc(Cl)cc4Cl)n3)c3ccccc32)cc1. The summed E-state index contributed by atoms with van der Waals surface area (Å²) in [5.74, 6) is 0.587. The van der Waals surface area contributed by atoms with Crippen LogP contribution < -0.4 is 0 Å². The maximum absolute atomic E-state index is 6.29. The number of benzene rings is 3. The number of fused-ring (bicyclic) bond motifs is 1. The van der Waals surface area contributed by atoms with Crippen molar-refractivity contribution in [3.63, 3.8) is 0 Å². The Labute approximate surface area is 189 Å². The molecular weight excluding hydrogens is 429 g/mol. The molecule has 0 fully saturated rings. The standard InChI is InChI=1S/C24H19Cl2N5/c1-16-6-8-17(9-7-16)13-30-15-21(20-4-2-3-5-23(20)30)24-27-29-31(28-24)14-18-10-11-19(25)12-22(18)26/h2-12,15H,13-14H2,1H3. The molecule has 0 aliphatic carbocycles. The van der Waals surface area contributed by atoms with E-state index in [0.29, 0.717) is 22.4 Å². The van der Waals surface area contributed by atoms with E-state index < -0.39 is 0 Å². The molecule has 0 saturated heterocycles. The van der Waals surface area contributed by atoms with Crippen molar-refractivity contribution in [1.82, 2.24) is 24.8 Å². The highest BCUT2D eigenvalue weighted by molar-refractivity contribution is 6.35. The van der Waals surface area contributed by atoms with Gasteiger partial charge in [-0.15, -0.1) is 10.2 Å². The molecule has 7 heteroatoms. The Kier molecular flexibility index (Phi) is 5.22. The molecule has 2 heterocycles. The molecule has 3 aromatic carbocycles. The molecule has 0 saturated carbocycles. The summed E-state index contributed by atoms with van der Waals surface area (Å²) in [5.41, 5.74) is 5.47. The fraction of sp³-hybridized carbons (Fsp3) is 0.125. The van der Waals surface area contributed by atoms with Crippen molar-refractivity contribution in [2.75, 3.05) is 0 Å². The highest BCUT2D eigenvalue weighted by Gasteiger charge is 2.15. The molecule has 0 aliphatic heterocycles. The maximum Gasteiger partial charge on any atom is 0.207 e. The number of tetrazole rings is 1. The zero-order chi connectivity index (χ0) is 21.4. The van der Waals surface area contributed by atoms with Crippen molar-refractivity contribution in [2.24, 2.45) is 0 Å². The van der Waals surface area contributed by atoms with E-state index in [-0.39, 0.29) is 0 Å². The fourth-order valence-electron chi connectivity index (χ4n) is 3.67. The molecule has 0 amide bonds. The first-order valence-electron chi connectivity index (χ1n) is 9.92. The third-order valence-electron chi connectivity index (χ3n) is 5.28. The number of aromatic nitrogens is 5. The average Bonchev–Trinajstić information content (AvgIpc) is 3.37. The number of halogens is 2. The van der Waals surface area contributed by atoms with E-state index in [0.717, 1.165) is 28.6 Å². The summed E-state index contributed by atoms with van der Waals surface area (Å²) >= 11 is 12.3. The molecule has 0 bridgehead atoms. The normalized spacial score (nSPS) is 11.3. The third kappa shape index (κ3) is 4.07. The van der Waals surface area contributed by atoms with Crippen LogP contribution in [-0.4, -0.2) is 24.8 Å². The van der Waals surface area contributed by atoms with E-state index in [9.17, 15) is 0 Å². The van der Waals surface area contributed by atoms with Crippen molar-refractivity contribution >= 4 is 34.1 Å². The minimum absolute atomic E-state index is 0.422. The summed E-state index contributed by atoms with van der Waals surface area (Å²) in [7, 11) is 0. The fourth-order valence-corrected chi connectivity index (χ4v) is 4.13. The molecule has 5 nitrogen and oxygen atoms in total. The van der Waals surface area contributed by atoms with Gasteiger partial charge in [-0.3, -0.25) is 0 Å². The summed E-state index contributed by atoms with van der Waals surface area (Å²) in [6.07, 6.45) is 2.10. The number of para-hydroxylation sites is 1. The second kappa shape index (κ2) is 8.17. The van der Waals surface area contributed by atoms with Crippen LogP contribution in [0.3, 0.4) is 0 Å². The molecule has 0 unspecified atom stereocenters. The second-order valence-electron chi connectivity index (χ2n) is 7.55. The van der Waals surface area contributed by atoms with Gasteiger partial charge in [0.25, 0.3) is 0 Å². The Morgan fingerprint density at radius 1 is 0.903 bits per heavy atom. The zero-order valence-corrected chi connectivity index (χ0v) is 18.3. The van der Waals surface area contributed by atoms with Gasteiger partial charge in [-0.05, 0) is 41.5 Å². The first-order chi connectivity index (χ1) is 15.1. The summed E-state index contributed by atoms with van der Waals surface area (Å²) < 4.78 is 2.23. The van der Waals surface area contributed by atoms with Gasteiger partial charge >= 0.3 is 0 Å². The molecule has 31 heavy (non-hydrogen) atoms. The van der Waals surface area contributed by atoms with E-state index in [1.165, 1.54) is 11.1 Å². The highest BCUT2D eigenvalue weighted by atomic mass is 35.5. The van der Waals surface area contributed by atoms with Crippen molar-refractivity contribution in [3.8, 4) is 11.4 Å². The molecule has 0 atom stereocenters. The van der Waals surface area contributed by atoms with Gasteiger partial charge in [0.05, 0.1) is 6.54 Å². The van der Waals surface area contributed by atoms with Crippen molar-refractivity contribution in [2.45, 2.75) is 20.0 Å². The van der Waals surface area contributed by atoms with Crippen LogP contribution in [-0.2, 0) is 13.1 Å². The Morgan fingerprint density at radius 3 is 2.52 bits per heavy atom. The molecule has 0 radical (unpaired) electrons. The number of hydrogen-bond donors (Lipinski definition) is 0. The monoisotopic (exact) mass is 447 g/mol. The van der Waals surface area contributed by atoms with Gasteiger partial charge in [0.1, 0.15) is 0 Å². The van der Waals surface area contributed by atoms with E-state index in [2.05, 4.69) is 69.5 Å². The largest absolute Gasteiger partial charge is 0.342 e. The topological polar surface area (TPSA) is 48.5 Å². The van der Waals surface area contributed by atoms with Gasteiger partial charge in [0, 0.05) is 39.3 Å². The Balaban J connectivity index is 1.48. The smallest absolute Gasteiger partial charge is 0.207 e. The number of nitrogens with zero attached hydrogens (tertiary/aromatic N) is 5. The van der Waals surface area contributed by atoms with Gasteiger partial charge in [-0.1, -0.05) is 77.3 Å². The number of aryl methyl sites for hydroxylation is 1. The van der Waals surface area contributed by atoms with E-state index in [4.69, 9.17) is 23.2 Å². The van der Waals surface area contributed by atoms with E-state index in [1.54, 1.807) is 16.9 Å². The van der Waals surface area contributed by atoms with Crippen LogP contribution in [0.25, 0.3) is 22.3 Å². The van der Waals surface area contributed by atoms with E-state index >= 15 is 0 Å². The van der Waals surface area contributed by atoms with Gasteiger partial charge in [-0.25, -0.2) is 0 Å². The lowest BCUT2D eigenvalue weighted by atomic mass is 10.1. The first-order valence-corrected chi connectivity index (χ1v) is 10.7. The molecule has 0 N–H and O–H groups in total. The highest BCUT2D eigenvalue weighted by Crippen LogP contribution is 2.29. The number of rotatable bonds is 5. The van der Waals surface area contributed by atoms with Crippen LogP contribution in [0.15, 0.2) is 72.9 Å². The molecular formula is C24H19Cl2N5. The van der Waals surface area contributed by atoms with Crippen LogP contribution in [0.5, 0.6) is 0 Å². The van der Waals surface area contributed by atoms with Crippen molar-refractivity contribution < 1.29 is 0 Å². The van der Waals surface area contributed by atoms with E-state index in [1.807, 2.05) is 18.2 Å². The van der Waals surface area contributed by atoms with Crippen molar-refractivity contribution in [1.29, 1.82) is 0 Å². The van der Waals surface area contributed by atoms with Crippen LogP contribution in [0, 0.1) is 6.92 Å². The predicted octanol–water partition coefficient (Wildman–Crippen LogP) is 6.01. The lowest BCUT2D eigenvalue weighted by Crippen LogP contribution is -2.04. The van der Waals surface area contributed by atoms with Gasteiger partial charge in [-0.2, -0.15) is 4.80 Å². The Hall–Kier alpha value is -3.15. The maximum atomic E-state index is 6.29. The van der Waals surface area contributed by atoms with Crippen LogP contribution in [0.4, 0.5) is 0 Å². The predicted molar refractivity (Wildman–Crippen MR) is 125 cm³/mol. The third-order valence-corrected chi connectivity index (χ3v) is 5.87. The van der Waals surface area contributed by atoms with Gasteiger partial charge in [0.15, 0.2) is 0 Å². The van der Waals surface area contributed by atoms with Crippen LogP contribution >= 0.6 is 23.2 Å². The van der Waals surface area contributed by atoms with Gasteiger partial charge in [0.2, 0.25) is 5.82 Å². The average molecular weight is 448 g/mol. The second-order valence-corrected chi connectivity index (χ2v) is 8.40. The lowest BCUT2D eigenvalue weighted by Gasteiger charge is -2.05. The minimum atomic E-state index is 0.422. The minimum Gasteiger partial charge on any atom is -0.342 e. The molecule has 5 aromatic rings. The summed E-state index contributed by atoms with van der Waals surface area (Å²) in [6, 6.07) is 22.3. The van der Waals surface area contributed by atoms with Gasteiger partial charge < -0.3 is 4.57 Å². The first kappa shape index (κ1) is 19.8. The molecule has 2 aromatic heterocycles. The molecule has 0 spiro atoms. The molecule has 154 valence electrons. The Morgan fingerprint density at radius 2 is 1.71 bits per heavy atom. The summed E-state index contributed by atoms with van der Waals surface area (Å²) in [6.45, 7) is 3.29. The van der Waals surface area contributed by atoms with Crippen LogP contribution in [0.2, 0.25) is 10.0 Å². The summed E-state index contributed by atoms with van der Waals surface area (Å²) in [4.78, 5) is 1.55. The quantitative estimate of drug-likeness (QED) is 0.331. The number of hydrogen-bond acceptors (Lipinski definition) is 3. The zero-order valence-electron chi connectivity index (χ0n) is 16.8. The van der Waals surface area contributed by atoms with Crippen LogP contribution in [0.1, 0.15) is 16.7 Å².